The lowest BCUT2D eigenvalue weighted by molar-refractivity contribution is -0.139. The topological polar surface area (TPSA) is 98.7 Å². The van der Waals surface area contributed by atoms with Crippen molar-refractivity contribution in [3.05, 3.63) is 29.8 Å². The molecule has 1 atom stereocenters. The lowest BCUT2D eigenvalue weighted by Gasteiger charge is -2.15. The van der Waals surface area contributed by atoms with Gasteiger partial charge < -0.3 is 20.8 Å². The molecule has 0 saturated heterocycles. The van der Waals surface area contributed by atoms with E-state index in [1.54, 1.807) is 12.1 Å². The fourth-order valence-corrected chi connectivity index (χ4v) is 2.07. The molecule has 0 spiro atoms. The maximum absolute atomic E-state index is 11.7. The van der Waals surface area contributed by atoms with Crippen LogP contribution in [0, 0.1) is 5.92 Å². The van der Waals surface area contributed by atoms with Gasteiger partial charge in [-0.15, -0.1) is 0 Å². The van der Waals surface area contributed by atoms with Crippen molar-refractivity contribution in [2.75, 3.05) is 6.54 Å². The molecule has 2 rings (SSSR count). The van der Waals surface area contributed by atoms with Gasteiger partial charge in [0.05, 0.1) is 0 Å². The number of amides is 2. The molecule has 0 aliphatic heterocycles. The van der Waals surface area contributed by atoms with E-state index in [0.717, 1.165) is 17.9 Å². The average Bonchev–Trinajstić information content (AvgIpc) is 3.24. The van der Waals surface area contributed by atoms with Crippen molar-refractivity contribution in [3.63, 3.8) is 0 Å². The fraction of sp³-hybridized carbons (Fsp3) is 0.467. The number of aliphatic carboxylic acids is 1. The molecule has 6 nitrogen and oxygen atoms in total. The highest BCUT2D eigenvalue weighted by Crippen LogP contribution is 2.31. The summed E-state index contributed by atoms with van der Waals surface area (Å²) in [7, 11) is 0. The van der Waals surface area contributed by atoms with Crippen LogP contribution in [0.5, 0.6) is 5.75 Å². The van der Waals surface area contributed by atoms with Crippen molar-refractivity contribution >= 4 is 12.0 Å². The Morgan fingerprint density at radius 3 is 2.48 bits per heavy atom. The number of carboxylic acids is 1. The van der Waals surface area contributed by atoms with E-state index in [0.29, 0.717) is 6.54 Å². The Hall–Kier alpha value is -2.24. The predicted molar refractivity (Wildman–Crippen MR) is 77.1 cm³/mol. The Kier molecular flexibility index (Phi) is 5.03. The largest absolute Gasteiger partial charge is 0.508 e. The predicted octanol–water partition coefficient (Wildman–Crippen LogP) is 1.49. The standard InChI is InChI=1S/C15H20N2O4/c18-12-5-3-11(4-6-12)9-13(14(19)20)17-15(21)16-8-7-10-1-2-10/h3-6,10,13,18H,1-2,7-9H2,(H,19,20)(H2,16,17,21)/t13-/m1/s1. The van der Waals surface area contributed by atoms with E-state index < -0.39 is 18.0 Å². The molecule has 1 fully saturated rings. The summed E-state index contributed by atoms with van der Waals surface area (Å²) in [4.78, 5) is 22.9. The van der Waals surface area contributed by atoms with Crippen LogP contribution in [0.25, 0.3) is 0 Å². The summed E-state index contributed by atoms with van der Waals surface area (Å²) in [5.74, 6) is -0.241. The zero-order chi connectivity index (χ0) is 15.2. The zero-order valence-electron chi connectivity index (χ0n) is 11.7. The second-order valence-electron chi connectivity index (χ2n) is 5.39. The second kappa shape index (κ2) is 6.97. The molecule has 0 unspecified atom stereocenters. The molecule has 4 N–H and O–H groups in total. The number of rotatable bonds is 7. The Labute approximate surface area is 123 Å². The molecule has 0 heterocycles. The highest BCUT2D eigenvalue weighted by molar-refractivity contribution is 5.82. The van der Waals surface area contributed by atoms with Gasteiger partial charge >= 0.3 is 12.0 Å². The van der Waals surface area contributed by atoms with Gasteiger partial charge in [0, 0.05) is 13.0 Å². The molecule has 0 aromatic heterocycles. The maximum atomic E-state index is 11.7. The minimum absolute atomic E-state index is 0.122. The second-order valence-corrected chi connectivity index (χ2v) is 5.39. The Morgan fingerprint density at radius 1 is 1.24 bits per heavy atom. The molecule has 1 aliphatic carbocycles. The van der Waals surface area contributed by atoms with E-state index in [4.69, 9.17) is 5.11 Å². The zero-order valence-corrected chi connectivity index (χ0v) is 11.7. The number of urea groups is 1. The van der Waals surface area contributed by atoms with Crippen LogP contribution in [-0.4, -0.2) is 34.8 Å². The lowest BCUT2D eigenvalue weighted by atomic mass is 10.1. The van der Waals surface area contributed by atoms with Crippen molar-refractivity contribution in [2.24, 2.45) is 5.92 Å². The van der Waals surface area contributed by atoms with Crippen LogP contribution >= 0.6 is 0 Å². The molecular weight excluding hydrogens is 272 g/mol. The number of phenols is 1. The van der Waals surface area contributed by atoms with Crippen LogP contribution in [-0.2, 0) is 11.2 Å². The van der Waals surface area contributed by atoms with Gasteiger partial charge in [-0.1, -0.05) is 25.0 Å². The van der Waals surface area contributed by atoms with Gasteiger partial charge in [-0.2, -0.15) is 0 Å². The quantitative estimate of drug-likeness (QED) is 0.612. The number of phenolic OH excluding ortho intramolecular Hbond substituents is 1. The van der Waals surface area contributed by atoms with Crippen LogP contribution in [0.3, 0.4) is 0 Å². The van der Waals surface area contributed by atoms with Crippen molar-refractivity contribution in [1.82, 2.24) is 10.6 Å². The monoisotopic (exact) mass is 292 g/mol. The summed E-state index contributed by atoms with van der Waals surface area (Å²) in [5.41, 5.74) is 0.735. The van der Waals surface area contributed by atoms with E-state index >= 15 is 0 Å². The highest BCUT2D eigenvalue weighted by Gasteiger charge is 2.22. The third kappa shape index (κ3) is 5.33. The molecule has 1 aliphatic rings. The van der Waals surface area contributed by atoms with Gasteiger partial charge in [-0.25, -0.2) is 9.59 Å². The van der Waals surface area contributed by atoms with Gasteiger partial charge in [-0.3, -0.25) is 0 Å². The number of carboxylic acid groups (broad SMARTS) is 1. The summed E-state index contributed by atoms with van der Waals surface area (Å²) >= 11 is 0. The first-order valence-electron chi connectivity index (χ1n) is 7.09. The Bertz CT molecular complexity index is 497. The van der Waals surface area contributed by atoms with E-state index in [1.807, 2.05) is 0 Å². The molecule has 2 amide bonds. The molecule has 1 saturated carbocycles. The lowest BCUT2D eigenvalue weighted by Crippen LogP contribution is -2.47. The molecule has 0 radical (unpaired) electrons. The number of aromatic hydroxyl groups is 1. The van der Waals surface area contributed by atoms with Crippen LogP contribution < -0.4 is 10.6 Å². The SMILES string of the molecule is O=C(NCCC1CC1)N[C@H](Cc1ccc(O)cc1)C(=O)O. The number of benzene rings is 1. The summed E-state index contributed by atoms with van der Waals surface area (Å²) in [6, 6.07) is 4.81. The Balaban J connectivity index is 1.81. The van der Waals surface area contributed by atoms with Gasteiger partial charge in [0.1, 0.15) is 11.8 Å². The number of carbonyl (C=O) groups excluding carboxylic acids is 1. The van der Waals surface area contributed by atoms with E-state index in [9.17, 15) is 14.7 Å². The molecule has 0 bridgehead atoms. The Morgan fingerprint density at radius 2 is 1.90 bits per heavy atom. The molecule has 114 valence electrons. The molecule has 1 aromatic carbocycles. The van der Waals surface area contributed by atoms with Crippen LogP contribution in [0.4, 0.5) is 4.79 Å². The average molecular weight is 292 g/mol. The van der Waals surface area contributed by atoms with Gasteiger partial charge in [-0.05, 0) is 30.0 Å². The van der Waals surface area contributed by atoms with Crippen LogP contribution in [0.1, 0.15) is 24.8 Å². The summed E-state index contributed by atoms with van der Waals surface area (Å²) in [6.45, 7) is 0.571. The summed E-state index contributed by atoms with van der Waals surface area (Å²) < 4.78 is 0. The summed E-state index contributed by atoms with van der Waals surface area (Å²) in [5, 5.41) is 23.5. The van der Waals surface area contributed by atoms with Crippen molar-refractivity contribution < 1.29 is 19.8 Å². The van der Waals surface area contributed by atoms with Crippen molar-refractivity contribution in [1.29, 1.82) is 0 Å². The number of carbonyl (C=O) groups is 2. The third-order valence-corrected chi connectivity index (χ3v) is 3.51. The van der Waals surface area contributed by atoms with Crippen LogP contribution in [0.15, 0.2) is 24.3 Å². The number of hydrogen-bond donors (Lipinski definition) is 4. The minimum Gasteiger partial charge on any atom is -0.508 e. The number of nitrogens with one attached hydrogen (secondary N) is 2. The van der Waals surface area contributed by atoms with E-state index in [1.165, 1.54) is 25.0 Å². The third-order valence-electron chi connectivity index (χ3n) is 3.51. The normalized spacial score (nSPS) is 15.2. The van der Waals surface area contributed by atoms with E-state index in [-0.39, 0.29) is 12.2 Å². The van der Waals surface area contributed by atoms with Crippen LogP contribution in [0.2, 0.25) is 0 Å². The molecule has 21 heavy (non-hydrogen) atoms. The van der Waals surface area contributed by atoms with Gasteiger partial charge in [0.25, 0.3) is 0 Å². The molecule has 6 heteroatoms. The number of hydrogen-bond acceptors (Lipinski definition) is 3. The highest BCUT2D eigenvalue weighted by atomic mass is 16.4. The first-order valence-corrected chi connectivity index (χ1v) is 7.09. The first-order chi connectivity index (χ1) is 10.0. The molecule has 1 aromatic rings. The minimum atomic E-state index is -1.08. The van der Waals surface area contributed by atoms with E-state index in [2.05, 4.69) is 10.6 Å². The van der Waals surface area contributed by atoms with Gasteiger partial charge in [0.15, 0.2) is 0 Å². The summed E-state index contributed by atoms with van der Waals surface area (Å²) in [6.07, 6.45) is 3.57. The van der Waals surface area contributed by atoms with Crippen molar-refractivity contribution in [2.45, 2.75) is 31.7 Å². The first kappa shape index (κ1) is 15.2. The smallest absolute Gasteiger partial charge is 0.326 e. The maximum Gasteiger partial charge on any atom is 0.326 e. The fourth-order valence-electron chi connectivity index (χ4n) is 2.07. The van der Waals surface area contributed by atoms with Gasteiger partial charge in [0.2, 0.25) is 0 Å². The molecular formula is C15H20N2O4. The van der Waals surface area contributed by atoms with Crippen molar-refractivity contribution in [3.8, 4) is 5.75 Å².